The van der Waals surface area contributed by atoms with Gasteiger partial charge in [-0.15, -0.1) is 0 Å². The molecule has 32 heavy (non-hydrogen) atoms. The van der Waals surface area contributed by atoms with Gasteiger partial charge in [-0.2, -0.15) is 0 Å². The molecule has 0 aliphatic carbocycles. The van der Waals surface area contributed by atoms with Crippen LogP contribution in [-0.2, 0) is 17.9 Å². The molecule has 0 fully saturated rings. The minimum absolute atomic E-state index is 0.0154. The maximum absolute atomic E-state index is 13.8. The number of anilines is 2. The molecule has 7 heteroatoms. The number of halogens is 1. The third kappa shape index (κ3) is 7.25. The predicted molar refractivity (Wildman–Crippen MR) is 128 cm³/mol. The van der Waals surface area contributed by atoms with Gasteiger partial charge in [-0.25, -0.2) is 9.18 Å². The summed E-state index contributed by atoms with van der Waals surface area (Å²) in [6, 6.07) is 11.7. The summed E-state index contributed by atoms with van der Waals surface area (Å²) in [4.78, 5) is 29.1. The molecule has 3 amide bonds. The number of carbonyl (C=O) groups excluding carboxylic acids is 2. The molecule has 0 bridgehead atoms. The van der Waals surface area contributed by atoms with Crippen LogP contribution in [0.5, 0.6) is 0 Å². The number of hydrogen-bond acceptors (Lipinski definition) is 3. The topological polar surface area (TPSA) is 64.7 Å². The molecule has 0 aliphatic heterocycles. The molecule has 0 aromatic heterocycles. The van der Waals surface area contributed by atoms with Crippen molar-refractivity contribution in [3.05, 3.63) is 59.4 Å². The summed E-state index contributed by atoms with van der Waals surface area (Å²) < 4.78 is 13.8. The first-order valence-electron chi connectivity index (χ1n) is 10.8. The second-order valence-corrected chi connectivity index (χ2v) is 9.53. The lowest BCUT2D eigenvalue weighted by Crippen LogP contribution is -2.39. The number of nitrogens with zero attached hydrogens (tertiary/aromatic N) is 2. The van der Waals surface area contributed by atoms with Crippen molar-refractivity contribution in [3.8, 4) is 0 Å². The van der Waals surface area contributed by atoms with E-state index in [1.54, 1.807) is 11.0 Å². The fourth-order valence-electron chi connectivity index (χ4n) is 3.39. The molecule has 2 N–H and O–H groups in total. The molecular formula is C25H35FN4O2. The van der Waals surface area contributed by atoms with Gasteiger partial charge in [-0.1, -0.05) is 32.9 Å². The first kappa shape index (κ1) is 25.2. The molecule has 0 radical (unpaired) electrons. The Morgan fingerprint density at radius 2 is 1.72 bits per heavy atom. The zero-order chi connectivity index (χ0) is 24.1. The van der Waals surface area contributed by atoms with Gasteiger partial charge in [-0.05, 0) is 55.3 Å². The van der Waals surface area contributed by atoms with Crippen molar-refractivity contribution in [2.24, 2.45) is 5.41 Å². The summed E-state index contributed by atoms with van der Waals surface area (Å²) >= 11 is 0. The Morgan fingerprint density at radius 3 is 2.28 bits per heavy atom. The number of hydrogen-bond donors (Lipinski definition) is 2. The highest BCUT2D eigenvalue weighted by atomic mass is 19.1. The van der Waals surface area contributed by atoms with Crippen LogP contribution in [0.15, 0.2) is 42.5 Å². The molecule has 0 saturated carbocycles. The van der Waals surface area contributed by atoms with Gasteiger partial charge in [0.15, 0.2) is 0 Å². The normalized spacial score (nSPS) is 11.3. The minimum atomic E-state index is -0.599. The lowest BCUT2D eigenvalue weighted by Gasteiger charge is -2.31. The third-order valence-corrected chi connectivity index (χ3v) is 4.79. The van der Waals surface area contributed by atoms with Crippen molar-refractivity contribution in [2.45, 2.75) is 53.8 Å². The SMILES string of the molecule is CC(C)NC(=O)Nc1ccc(N(C)C)c(CN(Cc2cccc(F)c2)C(=O)C(C)(C)C)c1. The first-order chi connectivity index (χ1) is 14.9. The van der Waals surface area contributed by atoms with Crippen molar-refractivity contribution in [3.63, 3.8) is 0 Å². The molecule has 2 aromatic rings. The molecule has 2 rings (SSSR count). The van der Waals surface area contributed by atoms with Crippen LogP contribution >= 0.6 is 0 Å². The zero-order valence-electron chi connectivity index (χ0n) is 20.1. The Morgan fingerprint density at radius 1 is 1.03 bits per heavy atom. The van der Waals surface area contributed by atoms with Gasteiger partial charge >= 0.3 is 6.03 Å². The Bertz CT molecular complexity index is 951. The van der Waals surface area contributed by atoms with Gasteiger partial charge in [0, 0.05) is 50.0 Å². The average Bonchev–Trinajstić information content (AvgIpc) is 2.65. The van der Waals surface area contributed by atoms with E-state index in [9.17, 15) is 14.0 Å². The summed E-state index contributed by atoms with van der Waals surface area (Å²) in [5, 5.41) is 5.65. The maximum atomic E-state index is 13.8. The van der Waals surface area contributed by atoms with E-state index in [0.717, 1.165) is 16.8 Å². The van der Waals surface area contributed by atoms with Gasteiger partial charge in [0.05, 0.1) is 0 Å². The van der Waals surface area contributed by atoms with Gasteiger partial charge in [-0.3, -0.25) is 4.79 Å². The number of amides is 3. The quantitative estimate of drug-likeness (QED) is 0.634. The predicted octanol–water partition coefficient (Wildman–Crippen LogP) is 5.00. The molecule has 0 unspecified atom stereocenters. The highest BCUT2D eigenvalue weighted by Crippen LogP contribution is 2.28. The Balaban J connectivity index is 2.39. The van der Waals surface area contributed by atoms with Crippen LogP contribution in [0.25, 0.3) is 0 Å². The van der Waals surface area contributed by atoms with E-state index in [1.807, 2.05) is 77.9 Å². The standard InChI is InChI=1S/C25H35FN4O2/c1-17(2)27-24(32)28-21-11-12-22(29(6)7)19(14-21)16-30(23(31)25(3,4)5)15-18-9-8-10-20(26)13-18/h8-14,17H,15-16H2,1-7H3,(H2,27,28,32). The van der Waals surface area contributed by atoms with Gasteiger partial charge in [0.1, 0.15) is 5.82 Å². The minimum Gasteiger partial charge on any atom is -0.377 e. The van der Waals surface area contributed by atoms with E-state index in [2.05, 4.69) is 10.6 Å². The first-order valence-corrected chi connectivity index (χ1v) is 10.8. The monoisotopic (exact) mass is 442 g/mol. The molecule has 6 nitrogen and oxygen atoms in total. The highest BCUT2D eigenvalue weighted by molar-refractivity contribution is 5.90. The lowest BCUT2D eigenvalue weighted by molar-refractivity contribution is -0.140. The Labute approximate surface area is 190 Å². The van der Waals surface area contributed by atoms with E-state index < -0.39 is 5.41 Å². The summed E-state index contributed by atoms with van der Waals surface area (Å²) in [7, 11) is 3.86. The van der Waals surface area contributed by atoms with E-state index in [4.69, 9.17) is 0 Å². The molecule has 0 aliphatic rings. The van der Waals surface area contributed by atoms with Crippen LogP contribution in [0.3, 0.4) is 0 Å². The number of urea groups is 1. The molecular weight excluding hydrogens is 407 g/mol. The Hall–Kier alpha value is -3.09. The van der Waals surface area contributed by atoms with E-state index >= 15 is 0 Å². The number of rotatable bonds is 7. The van der Waals surface area contributed by atoms with E-state index in [-0.39, 0.29) is 30.3 Å². The number of carbonyl (C=O) groups is 2. The second kappa shape index (κ2) is 10.5. The third-order valence-electron chi connectivity index (χ3n) is 4.79. The molecule has 174 valence electrons. The summed E-state index contributed by atoms with van der Waals surface area (Å²) in [5.74, 6) is -0.371. The molecule has 0 spiro atoms. The molecule has 0 heterocycles. The van der Waals surface area contributed by atoms with Crippen LogP contribution in [0.2, 0.25) is 0 Å². The van der Waals surface area contributed by atoms with Crippen molar-refractivity contribution in [2.75, 3.05) is 24.3 Å². The van der Waals surface area contributed by atoms with Crippen LogP contribution in [0.4, 0.5) is 20.6 Å². The van der Waals surface area contributed by atoms with Crippen molar-refractivity contribution in [1.29, 1.82) is 0 Å². The van der Waals surface area contributed by atoms with Crippen LogP contribution in [-0.4, -0.2) is 37.0 Å². The van der Waals surface area contributed by atoms with Crippen molar-refractivity contribution < 1.29 is 14.0 Å². The average molecular weight is 443 g/mol. The summed E-state index contributed by atoms with van der Waals surface area (Å²) in [6.45, 7) is 10.00. The fourth-order valence-corrected chi connectivity index (χ4v) is 3.39. The summed E-state index contributed by atoms with van der Waals surface area (Å²) in [6.07, 6.45) is 0. The molecule has 0 atom stereocenters. The smallest absolute Gasteiger partial charge is 0.319 e. The van der Waals surface area contributed by atoms with E-state index in [0.29, 0.717) is 12.2 Å². The molecule has 2 aromatic carbocycles. The van der Waals surface area contributed by atoms with Crippen LogP contribution < -0.4 is 15.5 Å². The van der Waals surface area contributed by atoms with Gasteiger partial charge in [0.2, 0.25) is 5.91 Å². The largest absolute Gasteiger partial charge is 0.377 e. The van der Waals surface area contributed by atoms with Crippen LogP contribution in [0, 0.1) is 11.2 Å². The highest BCUT2D eigenvalue weighted by Gasteiger charge is 2.28. The van der Waals surface area contributed by atoms with Crippen LogP contribution in [0.1, 0.15) is 45.7 Å². The molecule has 0 saturated heterocycles. The fraction of sp³-hybridized carbons (Fsp3) is 0.440. The zero-order valence-corrected chi connectivity index (χ0v) is 20.1. The summed E-state index contributed by atoms with van der Waals surface area (Å²) in [5.41, 5.74) is 2.58. The maximum Gasteiger partial charge on any atom is 0.319 e. The van der Waals surface area contributed by atoms with Gasteiger partial charge < -0.3 is 20.4 Å². The van der Waals surface area contributed by atoms with E-state index in [1.165, 1.54) is 12.1 Å². The second-order valence-electron chi connectivity index (χ2n) is 9.53. The number of benzene rings is 2. The number of nitrogens with one attached hydrogen (secondary N) is 2. The van der Waals surface area contributed by atoms with Gasteiger partial charge in [0.25, 0.3) is 0 Å². The Kier molecular flexibility index (Phi) is 8.25. The van der Waals surface area contributed by atoms with Crippen molar-refractivity contribution in [1.82, 2.24) is 10.2 Å². The lowest BCUT2D eigenvalue weighted by atomic mass is 9.94. The van der Waals surface area contributed by atoms with Crippen molar-refractivity contribution >= 4 is 23.3 Å².